The number of nitrogens with one attached hydrogen (secondary N) is 2. The summed E-state index contributed by atoms with van der Waals surface area (Å²) >= 11 is 0. The van der Waals surface area contributed by atoms with Gasteiger partial charge in [-0.3, -0.25) is 4.79 Å². The van der Waals surface area contributed by atoms with Crippen LogP contribution in [0.5, 0.6) is 5.75 Å². The van der Waals surface area contributed by atoms with Gasteiger partial charge in [-0.1, -0.05) is 17.2 Å². The zero-order valence-corrected chi connectivity index (χ0v) is 15.1. The van der Waals surface area contributed by atoms with Crippen LogP contribution in [0.2, 0.25) is 0 Å². The van der Waals surface area contributed by atoms with Crippen molar-refractivity contribution in [1.82, 2.24) is 20.2 Å². The van der Waals surface area contributed by atoms with Gasteiger partial charge in [-0.05, 0) is 48.5 Å². The summed E-state index contributed by atoms with van der Waals surface area (Å²) < 4.78 is 12.6. The molecule has 1 aromatic carbocycles. The van der Waals surface area contributed by atoms with Crippen molar-refractivity contribution in [3.8, 4) is 5.75 Å². The van der Waals surface area contributed by atoms with Crippen molar-refractivity contribution in [2.45, 2.75) is 19.9 Å². The molecule has 2 aromatic heterocycles. The third-order valence-corrected chi connectivity index (χ3v) is 4.34. The van der Waals surface area contributed by atoms with Crippen molar-refractivity contribution < 1.29 is 13.9 Å². The highest BCUT2D eigenvalue weighted by molar-refractivity contribution is 6.06. The molecule has 0 spiro atoms. The van der Waals surface area contributed by atoms with Gasteiger partial charge in [-0.25, -0.2) is 0 Å². The van der Waals surface area contributed by atoms with Crippen molar-refractivity contribution in [2.75, 3.05) is 17.7 Å². The fourth-order valence-electron chi connectivity index (χ4n) is 3.11. The second kappa shape index (κ2) is 6.60. The molecule has 1 aliphatic rings. The molecule has 2 N–H and O–H groups in total. The number of aryl methyl sites for hydroxylation is 1. The van der Waals surface area contributed by atoms with E-state index in [1.807, 2.05) is 31.2 Å². The topological polar surface area (TPSA) is 107 Å². The third kappa shape index (κ3) is 2.92. The first kappa shape index (κ1) is 16.8. The fourth-order valence-corrected chi connectivity index (χ4v) is 3.11. The molecule has 0 radical (unpaired) electrons. The van der Waals surface area contributed by atoms with Gasteiger partial charge < -0.3 is 19.8 Å². The molecule has 3 aromatic rings. The van der Waals surface area contributed by atoms with E-state index >= 15 is 0 Å². The van der Waals surface area contributed by atoms with E-state index in [1.54, 1.807) is 26.2 Å². The quantitative estimate of drug-likeness (QED) is 0.730. The van der Waals surface area contributed by atoms with E-state index in [9.17, 15) is 4.79 Å². The van der Waals surface area contributed by atoms with Gasteiger partial charge in [-0.2, -0.15) is 4.68 Å². The Labute approximate surface area is 155 Å². The van der Waals surface area contributed by atoms with Crippen molar-refractivity contribution >= 4 is 17.5 Å². The number of benzene rings is 1. The van der Waals surface area contributed by atoms with Crippen LogP contribution in [-0.4, -0.2) is 33.2 Å². The number of fused-ring (bicyclic) bond motifs is 1. The zero-order chi connectivity index (χ0) is 19.0. The molecule has 3 heterocycles. The van der Waals surface area contributed by atoms with E-state index in [0.717, 1.165) is 5.76 Å². The first-order valence-corrected chi connectivity index (χ1v) is 8.35. The molecule has 4 rings (SSSR count). The molecular formula is C18H18N6O3. The number of carbonyl (C=O) groups excluding carboxylic acids is 1. The lowest BCUT2D eigenvalue weighted by Crippen LogP contribution is -2.31. The van der Waals surface area contributed by atoms with Gasteiger partial charge in [0.15, 0.2) is 0 Å². The maximum Gasteiger partial charge on any atom is 0.256 e. The highest BCUT2D eigenvalue weighted by Crippen LogP contribution is 2.36. The summed E-state index contributed by atoms with van der Waals surface area (Å²) in [6, 6.07) is 10.3. The van der Waals surface area contributed by atoms with Gasteiger partial charge in [0.2, 0.25) is 5.95 Å². The highest BCUT2D eigenvalue weighted by Gasteiger charge is 2.36. The monoisotopic (exact) mass is 366 g/mol. The predicted molar refractivity (Wildman–Crippen MR) is 97.3 cm³/mol. The minimum Gasteiger partial charge on any atom is -0.495 e. The molecule has 0 aliphatic carbocycles. The maximum atomic E-state index is 13.2. The van der Waals surface area contributed by atoms with Crippen LogP contribution in [0, 0.1) is 6.92 Å². The number of hydrogen-bond donors (Lipinski definition) is 2. The lowest BCUT2D eigenvalue weighted by molar-refractivity contribution is -0.113. The molecule has 138 valence electrons. The molecule has 1 aliphatic heterocycles. The number of rotatable bonds is 4. The minimum atomic E-state index is -0.584. The number of anilines is 2. The molecule has 27 heavy (non-hydrogen) atoms. The van der Waals surface area contributed by atoms with Crippen LogP contribution < -0.4 is 15.4 Å². The first-order valence-electron chi connectivity index (χ1n) is 8.35. The Morgan fingerprint density at radius 2 is 2.07 bits per heavy atom. The average Bonchev–Trinajstić information content (AvgIpc) is 3.29. The van der Waals surface area contributed by atoms with Gasteiger partial charge in [0.1, 0.15) is 23.3 Å². The van der Waals surface area contributed by atoms with E-state index in [4.69, 9.17) is 9.15 Å². The SMILES string of the molecule is COc1ccccc1NC(=O)C1=C(C)Nc2nnnn2[C@H]1c1ccc(C)o1. The summed E-state index contributed by atoms with van der Waals surface area (Å²) in [5.74, 6) is 2.03. The molecule has 0 saturated heterocycles. The summed E-state index contributed by atoms with van der Waals surface area (Å²) in [4.78, 5) is 13.2. The van der Waals surface area contributed by atoms with Gasteiger partial charge in [0.05, 0.1) is 18.4 Å². The van der Waals surface area contributed by atoms with Gasteiger partial charge in [0, 0.05) is 5.70 Å². The van der Waals surface area contributed by atoms with E-state index < -0.39 is 6.04 Å². The third-order valence-electron chi connectivity index (χ3n) is 4.34. The van der Waals surface area contributed by atoms with Crippen LogP contribution in [0.3, 0.4) is 0 Å². The first-order chi connectivity index (χ1) is 13.1. The Kier molecular flexibility index (Phi) is 4.11. The Balaban J connectivity index is 1.75. The van der Waals surface area contributed by atoms with Crippen LogP contribution in [0.25, 0.3) is 0 Å². The van der Waals surface area contributed by atoms with Gasteiger partial charge in [0.25, 0.3) is 5.91 Å². The second-order valence-electron chi connectivity index (χ2n) is 6.12. The van der Waals surface area contributed by atoms with Crippen LogP contribution in [-0.2, 0) is 4.79 Å². The molecular weight excluding hydrogens is 348 g/mol. The van der Waals surface area contributed by atoms with E-state index in [0.29, 0.717) is 34.4 Å². The van der Waals surface area contributed by atoms with Crippen LogP contribution in [0.15, 0.2) is 52.1 Å². The largest absolute Gasteiger partial charge is 0.495 e. The number of para-hydroxylation sites is 2. The van der Waals surface area contributed by atoms with E-state index in [-0.39, 0.29) is 5.91 Å². The number of tetrazole rings is 1. The number of hydrogen-bond acceptors (Lipinski definition) is 7. The Morgan fingerprint density at radius 3 is 2.81 bits per heavy atom. The highest BCUT2D eigenvalue weighted by atomic mass is 16.5. The number of allylic oxidation sites excluding steroid dienone is 1. The number of nitrogens with zero attached hydrogens (tertiary/aromatic N) is 4. The maximum absolute atomic E-state index is 13.2. The molecule has 0 bridgehead atoms. The summed E-state index contributed by atoms with van der Waals surface area (Å²) in [5.41, 5.74) is 1.67. The smallest absolute Gasteiger partial charge is 0.256 e. The standard InChI is InChI=1S/C18H18N6O3/c1-10-8-9-14(27-10)16-15(11(2)19-18-21-22-23-24(16)18)17(25)20-12-6-4-5-7-13(12)26-3/h4-9,16H,1-3H3,(H,20,25)(H,19,21,23)/t16-/m0/s1. The normalized spacial score (nSPS) is 15.9. The molecule has 0 saturated carbocycles. The number of methoxy groups -OCH3 is 1. The number of amides is 1. The summed E-state index contributed by atoms with van der Waals surface area (Å²) in [6.07, 6.45) is 0. The van der Waals surface area contributed by atoms with E-state index in [1.165, 1.54) is 4.68 Å². The number of furan rings is 1. The molecule has 1 amide bonds. The molecule has 1 atom stereocenters. The predicted octanol–water partition coefficient (Wildman–Crippen LogP) is 2.51. The van der Waals surface area contributed by atoms with Crippen LogP contribution in [0.1, 0.15) is 24.5 Å². The summed E-state index contributed by atoms with van der Waals surface area (Å²) in [5, 5.41) is 17.7. The number of carbonyl (C=O) groups is 1. The minimum absolute atomic E-state index is 0.301. The van der Waals surface area contributed by atoms with E-state index in [2.05, 4.69) is 26.2 Å². The van der Waals surface area contributed by atoms with Gasteiger partial charge in [-0.15, -0.1) is 0 Å². The number of aromatic nitrogens is 4. The van der Waals surface area contributed by atoms with Crippen molar-refractivity contribution in [3.05, 3.63) is 59.2 Å². The Bertz CT molecular complexity index is 1040. The second-order valence-corrected chi connectivity index (χ2v) is 6.12. The molecule has 9 heteroatoms. The van der Waals surface area contributed by atoms with Crippen LogP contribution in [0.4, 0.5) is 11.6 Å². The zero-order valence-electron chi connectivity index (χ0n) is 15.1. The van der Waals surface area contributed by atoms with Gasteiger partial charge >= 0.3 is 0 Å². The lowest BCUT2D eigenvalue weighted by Gasteiger charge is -2.26. The summed E-state index contributed by atoms with van der Waals surface area (Å²) in [7, 11) is 1.56. The van der Waals surface area contributed by atoms with Crippen LogP contribution >= 0.6 is 0 Å². The Morgan fingerprint density at radius 1 is 1.26 bits per heavy atom. The average molecular weight is 366 g/mol. The summed E-state index contributed by atoms with van der Waals surface area (Å²) in [6.45, 7) is 3.65. The fraction of sp³-hybridized carbons (Fsp3) is 0.222. The molecule has 9 nitrogen and oxygen atoms in total. The van der Waals surface area contributed by atoms with Crippen molar-refractivity contribution in [3.63, 3.8) is 0 Å². The lowest BCUT2D eigenvalue weighted by atomic mass is 10.00. The van der Waals surface area contributed by atoms with Crippen molar-refractivity contribution in [2.24, 2.45) is 0 Å². The van der Waals surface area contributed by atoms with Crippen molar-refractivity contribution in [1.29, 1.82) is 0 Å². The Hall–Kier alpha value is -3.62. The molecule has 0 fully saturated rings. The number of ether oxygens (including phenoxy) is 1. The molecule has 0 unspecified atom stereocenters.